The summed E-state index contributed by atoms with van der Waals surface area (Å²) in [5.41, 5.74) is 2.01. The second kappa shape index (κ2) is 9.61. The molecule has 0 aliphatic carbocycles. The lowest BCUT2D eigenvalue weighted by molar-refractivity contribution is 0.0628. The minimum Gasteiger partial charge on any atom is -0.491 e. The average Bonchev–Trinajstić information content (AvgIpc) is 3.22. The molecule has 5 nitrogen and oxygen atoms in total. The Hall–Kier alpha value is -3.09. The van der Waals surface area contributed by atoms with Crippen molar-refractivity contribution in [1.82, 2.24) is 4.90 Å². The first-order valence-corrected chi connectivity index (χ1v) is 9.87. The van der Waals surface area contributed by atoms with Crippen LogP contribution in [0, 0.1) is 5.82 Å². The molecule has 6 heteroatoms. The highest BCUT2D eigenvalue weighted by atomic mass is 19.1. The lowest BCUT2D eigenvalue weighted by Gasteiger charge is -2.25. The van der Waals surface area contributed by atoms with Gasteiger partial charge in [-0.3, -0.25) is 4.90 Å². The summed E-state index contributed by atoms with van der Waals surface area (Å²) >= 11 is 0. The van der Waals surface area contributed by atoms with E-state index < -0.39 is 6.10 Å². The summed E-state index contributed by atoms with van der Waals surface area (Å²) in [6, 6.07) is 21.7. The van der Waals surface area contributed by atoms with Crippen LogP contribution >= 0.6 is 0 Å². The Balaban J connectivity index is 1.42. The average molecular weight is 409 g/mol. The summed E-state index contributed by atoms with van der Waals surface area (Å²) in [5.74, 6) is 1.91. The first kappa shape index (κ1) is 20.2. The molecule has 1 aliphatic rings. The van der Waals surface area contributed by atoms with Gasteiger partial charge < -0.3 is 19.3 Å². The summed E-state index contributed by atoms with van der Waals surface area (Å²) in [6.07, 6.45) is -0.681. The zero-order valence-corrected chi connectivity index (χ0v) is 16.5. The Labute approximate surface area is 175 Å². The highest BCUT2D eigenvalue weighted by molar-refractivity contribution is 5.44. The molecule has 0 fully saturated rings. The molecular weight excluding hydrogens is 385 g/mol. The molecule has 0 saturated carbocycles. The van der Waals surface area contributed by atoms with Crippen LogP contribution in [0.4, 0.5) is 4.39 Å². The molecule has 0 amide bonds. The summed E-state index contributed by atoms with van der Waals surface area (Å²) in [6.45, 7) is 1.98. The number of benzene rings is 3. The first-order chi connectivity index (χ1) is 14.7. The van der Waals surface area contributed by atoms with Crippen molar-refractivity contribution in [2.24, 2.45) is 0 Å². The largest absolute Gasteiger partial charge is 0.491 e. The molecule has 0 aromatic heterocycles. The van der Waals surface area contributed by atoms with Crippen molar-refractivity contribution >= 4 is 0 Å². The first-order valence-electron chi connectivity index (χ1n) is 9.87. The van der Waals surface area contributed by atoms with E-state index in [9.17, 15) is 9.50 Å². The van der Waals surface area contributed by atoms with Crippen LogP contribution in [0.1, 0.15) is 11.1 Å². The fraction of sp³-hybridized carbons (Fsp3) is 0.250. The van der Waals surface area contributed by atoms with Gasteiger partial charge in [-0.25, -0.2) is 4.39 Å². The van der Waals surface area contributed by atoms with Crippen molar-refractivity contribution in [2.75, 3.05) is 19.9 Å². The van der Waals surface area contributed by atoms with E-state index in [0.29, 0.717) is 19.6 Å². The number of para-hydroxylation sites is 1. The van der Waals surface area contributed by atoms with Gasteiger partial charge in [-0.1, -0.05) is 36.4 Å². The van der Waals surface area contributed by atoms with Gasteiger partial charge in [-0.2, -0.15) is 0 Å². The van der Waals surface area contributed by atoms with Crippen LogP contribution in [0.15, 0.2) is 72.8 Å². The van der Waals surface area contributed by atoms with Gasteiger partial charge in [0.25, 0.3) is 0 Å². The Morgan fingerprint density at radius 2 is 1.60 bits per heavy atom. The Bertz CT molecular complexity index is 949. The highest BCUT2D eigenvalue weighted by Gasteiger charge is 2.17. The molecule has 3 aromatic rings. The van der Waals surface area contributed by atoms with Crippen LogP contribution in [0.2, 0.25) is 0 Å². The van der Waals surface area contributed by atoms with Crippen molar-refractivity contribution < 1.29 is 23.7 Å². The van der Waals surface area contributed by atoms with E-state index in [1.807, 2.05) is 48.5 Å². The van der Waals surface area contributed by atoms with E-state index in [1.165, 1.54) is 12.1 Å². The normalized spacial score (nSPS) is 13.4. The monoisotopic (exact) mass is 409 g/mol. The molecule has 1 atom stereocenters. The van der Waals surface area contributed by atoms with Gasteiger partial charge in [0.1, 0.15) is 24.3 Å². The van der Waals surface area contributed by atoms with Crippen LogP contribution < -0.4 is 14.2 Å². The zero-order valence-electron chi connectivity index (χ0n) is 16.5. The fourth-order valence-electron chi connectivity index (χ4n) is 3.39. The molecule has 1 heterocycles. The maximum atomic E-state index is 13.3. The predicted molar refractivity (Wildman–Crippen MR) is 111 cm³/mol. The minimum absolute atomic E-state index is 0.186. The minimum atomic E-state index is -0.681. The summed E-state index contributed by atoms with van der Waals surface area (Å²) in [4.78, 5) is 2.10. The molecule has 30 heavy (non-hydrogen) atoms. The standard InChI is InChI=1S/C24H24FNO4/c25-20-9-6-18(7-10-20)13-26(14-19-8-11-23-24(12-19)30-17-29-23)15-21(27)16-28-22-4-2-1-3-5-22/h1-12,21,27H,13-17H2/t21-/m0/s1. The van der Waals surface area contributed by atoms with Crippen LogP contribution in [0.25, 0.3) is 0 Å². The SMILES string of the molecule is O[C@H](COc1ccccc1)CN(Cc1ccc(F)cc1)Cc1ccc2c(c1)OCO2. The van der Waals surface area contributed by atoms with Crippen molar-refractivity contribution in [1.29, 1.82) is 0 Å². The molecule has 4 rings (SSSR count). The molecule has 0 spiro atoms. The third kappa shape index (κ3) is 5.49. The maximum absolute atomic E-state index is 13.3. The number of hydrogen-bond donors (Lipinski definition) is 1. The number of rotatable bonds is 9. The topological polar surface area (TPSA) is 51.2 Å². The van der Waals surface area contributed by atoms with Crippen molar-refractivity contribution in [2.45, 2.75) is 19.2 Å². The number of aliphatic hydroxyl groups is 1. The van der Waals surface area contributed by atoms with Crippen LogP contribution in [-0.2, 0) is 13.1 Å². The number of aliphatic hydroxyl groups excluding tert-OH is 1. The lowest BCUT2D eigenvalue weighted by Crippen LogP contribution is -2.35. The Morgan fingerprint density at radius 3 is 2.40 bits per heavy atom. The number of fused-ring (bicyclic) bond motifs is 1. The van der Waals surface area contributed by atoms with Gasteiger partial charge in [0.2, 0.25) is 6.79 Å². The third-order valence-corrected chi connectivity index (χ3v) is 4.82. The van der Waals surface area contributed by atoms with Crippen LogP contribution in [0.5, 0.6) is 17.2 Å². The van der Waals surface area contributed by atoms with Gasteiger partial charge in [0.15, 0.2) is 11.5 Å². The van der Waals surface area contributed by atoms with E-state index in [2.05, 4.69) is 4.90 Å². The van der Waals surface area contributed by atoms with Crippen LogP contribution in [0.3, 0.4) is 0 Å². The van der Waals surface area contributed by atoms with Gasteiger partial charge in [-0.05, 0) is 47.5 Å². The number of halogens is 1. The summed E-state index contributed by atoms with van der Waals surface area (Å²) in [7, 11) is 0. The number of hydrogen-bond acceptors (Lipinski definition) is 5. The molecular formula is C24H24FNO4. The van der Waals surface area contributed by atoms with Crippen molar-refractivity contribution in [3.63, 3.8) is 0 Å². The second-order valence-corrected chi connectivity index (χ2v) is 7.26. The highest BCUT2D eigenvalue weighted by Crippen LogP contribution is 2.33. The van der Waals surface area contributed by atoms with E-state index in [-0.39, 0.29) is 19.2 Å². The van der Waals surface area contributed by atoms with Gasteiger partial charge in [-0.15, -0.1) is 0 Å². The molecule has 0 unspecified atom stereocenters. The van der Waals surface area contributed by atoms with E-state index >= 15 is 0 Å². The molecule has 1 aliphatic heterocycles. The summed E-state index contributed by atoms with van der Waals surface area (Å²) in [5, 5.41) is 10.6. The second-order valence-electron chi connectivity index (χ2n) is 7.26. The molecule has 1 N–H and O–H groups in total. The maximum Gasteiger partial charge on any atom is 0.231 e. The van der Waals surface area contributed by atoms with Gasteiger partial charge in [0.05, 0.1) is 0 Å². The van der Waals surface area contributed by atoms with E-state index in [0.717, 1.165) is 28.4 Å². The van der Waals surface area contributed by atoms with E-state index in [4.69, 9.17) is 14.2 Å². The van der Waals surface area contributed by atoms with E-state index in [1.54, 1.807) is 12.1 Å². The fourth-order valence-corrected chi connectivity index (χ4v) is 3.39. The number of ether oxygens (including phenoxy) is 3. The van der Waals surface area contributed by atoms with Gasteiger partial charge in [0, 0.05) is 19.6 Å². The molecule has 0 bridgehead atoms. The Kier molecular flexibility index (Phi) is 6.47. The smallest absolute Gasteiger partial charge is 0.231 e. The van der Waals surface area contributed by atoms with Crippen LogP contribution in [-0.4, -0.2) is 36.1 Å². The zero-order chi connectivity index (χ0) is 20.8. The number of nitrogens with zero attached hydrogens (tertiary/aromatic N) is 1. The quantitative estimate of drug-likeness (QED) is 0.579. The van der Waals surface area contributed by atoms with Crippen molar-refractivity contribution in [3.05, 3.63) is 89.7 Å². The third-order valence-electron chi connectivity index (χ3n) is 4.82. The van der Waals surface area contributed by atoms with Crippen molar-refractivity contribution in [3.8, 4) is 17.2 Å². The lowest BCUT2D eigenvalue weighted by atomic mass is 10.1. The molecule has 0 radical (unpaired) electrons. The predicted octanol–water partition coefficient (Wildman–Crippen LogP) is 4.00. The summed E-state index contributed by atoms with van der Waals surface area (Å²) < 4.78 is 29.8. The molecule has 156 valence electrons. The van der Waals surface area contributed by atoms with Gasteiger partial charge >= 0.3 is 0 Å². The molecule has 0 saturated heterocycles. The molecule has 3 aromatic carbocycles. The Morgan fingerprint density at radius 1 is 0.900 bits per heavy atom.